The molecule has 1 atom stereocenters. The van der Waals surface area contributed by atoms with Crippen molar-refractivity contribution in [3.63, 3.8) is 0 Å². The molecular formula is C20H28N6O7. The van der Waals surface area contributed by atoms with Gasteiger partial charge in [0.2, 0.25) is 5.91 Å². The van der Waals surface area contributed by atoms with Gasteiger partial charge in [0, 0.05) is 31.3 Å². The van der Waals surface area contributed by atoms with Crippen LogP contribution in [-0.2, 0) is 20.9 Å². The van der Waals surface area contributed by atoms with Crippen molar-refractivity contribution in [3.05, 3.63) is 39.9 Å². The molecular weight excluding hydrogens is 436 g/mol. The molecule has 13 heteroatoms. The summed E-state index contributed by atoms with van der Waals surface area (Å²) < 4.78 is 10.4. The minimum atomic E-state index is -1.02. The smallest absolute Gasteiger partial charge is 0.417 e. The molecule has 0 bridgehead atoms. The second-order valence-electron chi connectivity index (χ2n) is 8.43. The van der Waals surface area contributed by atoms with Gasteiger partial charge in [0.05, 0.1) is 4.92 Å². The van der Waals surface area contributed by atoms with E-state index in [0.29, 0.717) is 23.4 Å². The largest absolute Gasteiger partial charge is 0.444 e. The maximum absolute atomic E-state index is 12.4. The van der Waals surface area contributed by atoms with Crippen molar-refractivity contribution in [2.24, 2.45) is 5.73 Å². The molecule has 0 spiro atoms. The first-order valence-electron chi connectivity index (χ1n) is 10.1. The van der Waals surface area contributed by atoms with E-state index in [1.165, 1.54) is 29.2 Å². The average Bonchev–Trinajstić information content (AvgIpc) is 3.17. The first-order valence-corrected chi connectivity index (χ1v) is 10.1. The maximum atomic E-state index is 12.4. The molecule has 0 radical (unpaired) electrons. The zero-order valence-electron chi connectivity index (χ0n) is 18.7. The standard InChI is InChI=1S/C20H28N6O7/c1-20(2,3)33-18(28)24-9-8-14(10-24)23-16(27)11-25(17(21)22)19(29)32-12-13-4-6-15(7-5-13)26(30)31/h4-7,14H,8-12H2,1-3H3,(H3,21,22)(H,23,27)/t14-/m0/s1. The molecule has 4 N–H and O–H groups in total. The van der Waals surface area contributed by atoms with Crippen LogP contribution in [0.3, 0.4) is 0 Å². The number of likely N-dealkylation sites (tertiary alicyclic amines) is 1. The highest BCUT2D eigenvalue weighted by Crippen LogP contribution is 2.16. The Kier molecular flexibility index (Phi) is 8.16. The van der Waals surface area contributed by atoms with Crippen LogP contribution in [0.2, 0.25) is 0 Å². The van der Waals surface area contributed by atoms with Gasteiger partial charge in [-0.05, 0) is 44.9 Å². The van der Waals surface area contributed by atoms with Crippen molar-refractivity contribution in [3.8, 4) is 0 Å². The Bertz CT molecular complexity index is 912. The number of benzene rings is 1. The molecule has 1 saturated heterocycles. The molecule has 33 heavy (non-hydrogen) atoms. The van der Waals surface area contributed by atoms with Crippen molar-refractivity contribution in [1.29, 1.82) is 5.41 Å². The molecule has 0 saturated carbocycles. The zero-order valence-corrected chi connectivity index (χ0v) is 18.7. The quantitative estimate of drug-likeness (QED) is 0.245. The Labute approximate surface area is 190 Å². The van der Waals surface area contributed by atoms with E-state index in [2.05, 4.69) is 5.32 Å². The molecule has 13 nitrogen and oxygen atoms in total. The Hall–Kier alpha value is -3.90. The van der Waals surface area contributed by atoms with Crippen LogP contribution < -0.4 is 11.1 Å². The van der Waals surface area contributed by atoms with Gasteiger partial charge >= 0.3 is 12.2 Å². The summed E-state index contributed by atoms with van der Waals surface area (Å²) in [5, 5.41) is 21.0. The Morgan fingerprint density at radius 1 is 1.30 bits per heavy atom. The van der Waals surface area contributed by atoms with E-state index in [4.69, 9.17) is 20.6 Å². The topological polar surface area (TPSA) is 181 Å². The number of amides is 3. The van der Waals surface area contributed by atoms with E-state index in [1.54, 1.807) is 20.8 Å². The number of nitro benzene ring substituents is 1. The highest BCUT2D eigenvalue weighted by molar-refractivity contribution is 5.95. The molecule has 2 rings (SSSR count). The summed E-state index contributed by atoms with van der Waals surface area (Å²) in [4.78, 5) is 49.1. The number of nitrogens with two attached hydrogens (primary N) is 1. The lowest BCUT2D eigenvalue weighted by molar-refractivity contribution is -0.384. The fourth-order valence-electron chi connectivity index (χ4n) is 2.97. The third-order valence-electron chi connectivity index (χ3n) is 4.53. The maximum Gasteiger partial charge on any atom is 0.417 e. The molecule has 1 fully saturated rings. The van der Waals surface area contributed by atoms with Gasteiger partial charge in [-0.25, -0.2) is 14.5 Å². The van der Waals surface area contributed by atoms with E-state index in [1.807, 2.05) is 0 Å². The zero-order chi connectivity index (χ0) is 24.8. The van der Waals surface area contributed by atoms with Crippen LogP contribution in [-0.4, -0.2) is 70.1 Å². The van der Waals surface area contributed by atoms with Gasteiger partial charge in [-0.1, -0.05) is 0 Å². The Morgan fingerprint density at radius 2 is 1.94 bits per heavy atom. The van der Waals surface area contributed by atoms with Crippen LogP contribution in [0.5, 0.6) is 0 Å². The number of carbonyl (C=O) groups excluding carboxylic acids is 3. The molecule has 1 aromatic carbocycles. The molecule has 0 aliphatic carbocycles. The molecule has 3 amide bonds. The van der Waals surface area contributed by atoms with Crippen molar-refractivity contribution < 1.29 is 28.8 Å². The van der Waals surface area contributed by atoms with Gasteiger partial charge in [0.15, 0.2) is 5.96 Å². The second-order valence-corrected chi connectivity index (χ2v) is 8.43. The first-order chi connectivity index (χ1) is 15.4. The summed E-state index contributed by atoms with van der Waals surface area (Å²) in [7, 11) is 0. The van der Waals surface area contributed by atoms with E-state index >= 15 is 0 Å². The number of non-ortho nitro benzene ring substituents is 1. The average molecular weight is 464 g/mol. The summed E-state index contributed by atoms with van der Waals surface area (Å²) in [5.41, 5.74) is 5.17. The highest BCUT2D eigenvalue weighted by atomic mass is 16.6. The third kappa shape index (κ3) is 7.94. The monoisotopic (exact) mass is 464 g/mol. The van der Waals surface area contributed by atoms with Crippen LogP contribution in [0.4, 0.5) is 15.3 Å². The molecule has 0 aromatic heterocycles. The number of nitrogens with zero attached hydrogens (tertiary/aromatic N) is 3. The minimum absolute atomic E-state index is 0.107. The number of ether oxygens (including phenoxy) is 2. The molecule has 1 heterocycles. The predicted octanol–water partition coefficient (Wildman–Crippen LogP) is 1.55. The van der Waals surface area contributed by atoms with Gasteiger partial charge in [-0.15, -0.1) is 0 Å². The van der Waals surface area contributed by atoms with Gasteiger partial charge < -0.3 is 25.4 Å². The predicted molar refractivity (Wildman–Crippen MR) is 116 cm³/mol. The molecule has 180 valence electrons. The number of rotatable bonds is 6. The first kappa shape index (κ1) is 25.4. The van der Waals surface area contributed by atoms with Gasteiger partial charge in [-0.3, -0.25) is 20.3 Å². The number of hydrogen-bond donors (Lipinski definition) is 3. The lowest BCUT2D eigenvalue weighted by Gasteiger charge is -2.24. The molecule has 1 aromatic rings. The normalized spacial score (nSPS) is 15.5. The van der Waals surface area contributed by atoms with E-state index in [0.717, 1.165) is 0 Å². The fraction of sp³-hybridized carbons (Fsp3) is 0.500. The number of carbonyl (C=O) groups is 3. The minimum Gasteiger partial charge on any atom is -0.444 e. The summed E-state index contributed by atoms with van der Waals surface area (Å²) >= 11 is 0. The number of guanidine groups is 1. The third-order valence-corrected chi connectivity index (χ3v) is 4.53. The second kappa shape index (κ2) is 10.6. The van der Waals surface area contributed by atoms with Crippen LogP contribution in [0, 0.1) is 15.5 Å². The summed E-state index contributed by atoms with van der Waals surface area (Å²) in [6.07, 6.45) is -0.979. The van der Waals surface area contributed by atoms with Crippen LogP contribution >= 0.6 is 0 Å². The number of hydrogen-bond acceptors (Lipinski definition) is 8. The van der Waals surface area contributed by atoms with Crippen molar-refractivity contribution in [2.45, 2.75) is 45.4 Å². The molecule has 0 unspecified atom stereocenters. The molecule has 1 aliphatic rings. The lowest BCUT2D eigenvalue weighted by atomic mass is 10.2. The summed E-state index contributed by atoms with van der Waals surface area (Å²) in [5.74, 6) is -1.26. The number of nitrogens with one attached hydrogen (secondary N) is 2. The van der Waals surface area contributed by atoms with Crippen molar-refractivity contribution in [1.82, 2.24) is 15.1 Å². The number of nitro groups is 1. The van der Waals surface area contributed by atoms with Crippen molar-refractivity contribution in [2.75, 3.05) is 19.6 Å². The van der Waals surface area contributed by atoms with Crippen molar-refractivity contribution >= 4 is 29.7 Å². The molecule has 1 aliphatic heterocycles. The van der Waals surface area contributed by atoms with Gasteiger partial charge in [0.1, 0.15) is 18.8 Å². The van der Waals surface area contributed by atoms with Gasteiger partial charge in [-0.2, -0.15) is 0 Å². The van der Waals surface area contributed by atoms with E-state index in [-0.39, 0.29) is 24.9 Å². The Morgan fingerprint density at radius 3 is 2.48 bits per heavy atom. The lowest BCUT2D eigenvalue weighted by Crippen LogP contribution is -2.49. The van der Waals surface area contributed by atoms with Crippen LogP contribution in [0.15, 0.2) is 24.3 Å². The van der Waals surface area contributed by atoms with Crippen LogP contribution in [0.1, 0.15) is 32.8 Å². The van der Waals surface area contributed by atoms with E-state index < -0.39 is 41.1 Å². The van der Waals surface area contributed by atoms with Gasteiger partial charge in [0.25, 0.3) is 5.69 Å². The highest BCUT2D eigenvalue weighted by Gasteiger charge is 2.31. The summed E-state index contributed by atoms with van der Waals surface area (Å²) in [6.45, 7) is 5.18. The summed E-state index contributed by atoms with van der Waals surface area (Å²) in [6, 6.07) is 5.04. The Balaban J connectivity index is 1.85. The SMILES string of the molecule is CC(C)(C)OC(=O)N1CC[C@H](NC(=O)CN(C(=N)N)C(=O)OCc2ccc([N+](=O)[O-])cc2)C1. The van der Waals surface area contributed by atoms with E-state index in [9.17, 15) is 24.5 Å². The van der Waals surface area contributed by atoms with Crippen LogP contribution in [0.25, 0.3) is 0 Å². The fourth-order valence-corrected chi connectivity index (χ4v) is 2.97.